The Bertz CT molecular complexity index is 520. The van der Waals surface area contributed by atoms with E-state index in [4.69, 9.17) is 5.73 Å². The van der Waals surface area contributed by atoms with Crippen molar-refractivity contribution in [2.24, 2.45) is 5.73 Å². The highest BCUT2D eigenvalue weighted by atomic mass is 32.2. The lowest BCUT2D eigenvalue weighted by atomic mass is 10.1. The molecular formula is C13H22N2O2S2. The summed E-state index contributed by atoms with van der Waals surface area (Å²) in [5.74, 6) is 1.59. The summed E-state index contributed by atoms with van der Waals surface area (Å²) < 4.78 is 25.3. The average Bonchev–Trinajstić information content (AvgIpc) is 2.27. The fraction of sp³-hybridized carbons (Fsp3) is 0.538. The van der Waals surface area contributed by atoms with Gasteiger partial charge in [0.25, 0.3) is 0 Å². The lowest BCUT2D eigenvalue weighted by molar-refractivity contribution is 0.520. The molecule has 0 saturated carbocycles. The summed E-state index contributed by atoms with van der Waals surface area (Å²) in [6.45, 7) is 3.96. The Morgan fingerprint density at radius 1 is 1.32 bits per heavy atom. The van der Waals surface area contributed by atoms with E-state index < -0.39 is 10.0 Å². The number of nitrogens with two attached hydrogens (primary N) is 1. The van der Waals surface area contributed by atoms with E-state index in [2.05, 4.69) is 0 Å². The van der Waals surface area contributed by atoms with Gasteiger partial charge in [-0.15, -0.1) is 0 Å². The van der Waals surface area contributed by atoms with Gasteiger partial charge in [-0.05, 0) is 31.5 Å². The van der Waals surface area contributed by atoms with E-state index in [9.17, 15) is 8.42 Å². The van der Waals surface area contributed by atoms with Crippen molar-refractivity contribution < 1.29 is 8.42 Å². The summed E-state index contributed by atoms with van der Waals surface area (Å²) in [5.41, 5.74) is 6.70. The van der Waals surface area contributed by atoms with E-state index in [1.54, 1.807) is 30.0 Å². The first kappa shape index (κ1) is 16.5. The van der Waals surface area contributed by atoms with Crippen molar-refractivity contribution in [2.75, 3.05) is 19.8 Å². The highest BCUT2D eigenvalue weighted by Crippen LogP contribution is 2.20. The number of hydrogen-bond acceptors (Lipinski definition) is 4. The van der Waals surface area contributed by atoms with Gasteiger partial charge >= 0.3 is 0 Å². The molecular weight excluding hydrogens is 280 g/mol. The zero-order valence-electron chi connectivity index (χ0n) is 11.9. The molecule has 0 atom stereocenters. The summed E-state index contributed by atoms with van der Waals surface area (Å²) in [4.78, 5) is 0.336. The molecule has 0 spiro atoms. The molecule has 0 radical (unpaired) electrons. The van der Waals surface area contributed by atoms with Crippen LogP contribution in [0.3, 0.4) is 0 Å². The van der Waals surface area contributed by atoms with Crippen molar-refractivity contribution >= 4 is 21.8 Å². The van der Waals surface area contributed by atoms with Gasteiger partial charge in [0.1, 0.15) is 0 Å². The van der Waals surface area contributed by atoms with Crippen LogP contribution in [0.4, 0.5) is 0 Å². The van der Waals surface area contributed by atoms with Crippen LogP contribution in [-0.4, -0.2) is 38.1 Å². The van der Waals surface area contributed by atoms with Gasteiger partial charge in [-0.25, -0.2) is 12.7 Å². The maximum atomic E-state index is 12.0. The van der Waals surface area contributed by atoms with E-state index in [0.29, 0.717) is 4.90 Å². The van der Waals surface area contributed by atoms with Crippen molar-refractivity contribution in [3.05, 3.63) is 29.8 Å². The molecule has 0 aliphatic heterocycles. The topological polar surface area (TPSA) is 63.4 Å². The van der Waals surface area contributed by atoms with Crippen molar-refractivity contribution in [3.8, 4) is 0 Å². The van der Waals surface area contributed by atoms with Crippen molar-refractivity contribution in [3.63, 3.8) is 0 Å². The van der Waals surface area contributed by atoms with E-state index in [1.807, 2.05) is 19.9 Å². The van der Waals surface area contributed by atoms with Crippen molar-refractivity contribution in [2.45, 2.75) is 30.0 Å². The minimum Gasteiger partial charge on any atom is -0.325 e. The number of sulfonamides is 1. The molecule has 4 nitrogen and oxygen atoms in total. The molecule has 0 unspecified atom stereocenters. The lowest BCUT2D eigenvalue weighted by Crippen LogP contribution is -2.34. The van der Waals surface area contributed by atoms with Crippen LogP contribution in [-0.2, 0) is 15.8 Å². The molecule has 0 fully saturated rings. The largest absolute Gasteiger partial charge is 0.325 e. The quantitative estimate of drug-likeness (QED) is 0.872. The molecule has 0 aliphatic carbocycles. The van der Waals surface area contributed by atoms with E-state index in [-0.39, 0.29) is 5.54 Å². The number of nitrogens with zero attached hydrogens (tertiary/aromatic N) is 1. The predicted octanol–water partition coefficient (Wildman–Crippen LogP) is 1.91. The van der Waals surface area contributed by atoms with Crippen LogP contribution >= 0.6 is 11.8 Å². The standard InChI is InChI=1S/C13H22N2O2S2/c1-13(2,14)10-18-9-11-6-5-7-12(8-11)19(16,17)15(3)4/h5-8H,9-10,14H2,1-4H3. The fourth-order valence-corrected chi connectivity index (χ4v) is 3.45. The zero-order valence-corrected chi connectivity index (χ0v) is 13.5. The highest BCUT2D eigenvalue weighted by molar-refractivity contribution is 7.98. The second kappa shape index (κ2) is 6.26. The van der Waals surface area contributed by atoms with Crippen LogP contribution < -0.4 is 5.73 Å². The molecule has 0 heterocycles. The van der Waals surface area contributed by atoms with Gasteiger partial charge in [-0.2, -0.15) is 11.8 Å². The fourth-order valence-electron chi connectivity index (χ4n) is 1.44. The van der Waals surface area contributed by atoms with Gasteiger partial charge in [0.2, 0.25) is 10.0 Å². The molecule has 0 aromatic heterocycles. The number of thioether (sulfide) groups is 1. The maximum absolute atomic E-state index is 12.0. The molecule has 1 aromatic rings. The summed E-state index contributed by atoms with van der Waals surface area (Å²) in [6.07, 6.45) is 0. The van der Waals surface area contributed by atoms with Gasteiger partial charge in [0, 0.05) is 31.1 Å². The Kier molecular flexibility index (Phi) is 5.43. The summed E-state index contributed by atoms with van der Waals surface area (Å²) in [7, 11) is -0.283. The van der Waals surface area contributed by atoms with Crippen LogP contribution in [0.2, 0.25) is 0 Å². The third-order valence-corrected chi connectivity index (χ3v) is 5.72. The summed E-state index contributed by atoms with van der Waals surface area (Å²) in [5, 5.41) is 0. The molecule has 1 rings (SSSR count). The van der Waals surface area contributed by atoms with Crippen molar-refractivity contribution in [1.29, 1.82) is 0 Å². The normalized spacial score (nSPS) is 12.9. The Balaban J connectivity index is 2.79. The summed E-state index contributed by atoms with van der Waals surface area (Å²) >= 11 is 1.71. The average molecular weight is 302 g/mol. The Labute approximate surface area is 120 Å². The molecule has 2 N–H and O–H groups in total. The number of hydrogen-bond donors (Lipinski definition) is 1. The lowest BCUT2D eigenvalue weighted by Gasteiger charge is -2.17. The SMILES string of the molecule is CN(C)S(=O)(=O)c1cccc(CSCC(C)(C)N)c1. The van der Waals surface area contributed by atoms with Gasteiger partial charge in [0.15, 0.2) is 0 Å². The van der Waals surface area contributed by atoms with Crippen LogP contribution in [0.25, 0.3) is 0 Å². The second-order valence-corrected chi connectivity index (χ2v) is 8.55. The smallest absolute Gasteiger partial charge is 0.242 e. The second-order valence-electron chi connectivity index (χ2n) is 5.42. The minimum absolute atomic E-state index is 0.210. The van der Waals surface area contributed by atoms with Gasteiger partial charge < -0.3 is 5.73 Å². The van der Waals surface area contributed by atoms with E-state index >= 15 is 0 Å². The van der Waals surface area contributed by atoms with Crippen LogP contribution in [0.5, 0.6) is 0 Å². The van der Waals surface area contributed by atoms with Gasteiger partial charge in [-0.3, -0.25) is 0 Å². The third-order valence-electron chi connectivity index (χ3n) is 2.42. The predicted molar refractivity (Wildman–Crippen MR) is 81.7 cm³/mol. The van der Waals surface area contributed by atoms with E-state index in [0.717, 1.165) is 17.1 Å². The van der Waals surface area contributed by atoms with Crippen LogP contribution in [0.1, 0.15) is 19.4 Å². The number of rotatable bonds is 6. The van der Waals surface area contributed by atoms with Crippen molar-refractivity contribution in [1.82, 2.24) is 4.31 Å². The molecule has 19 heavy (non-hydrogen) atoms. The molecule has 108 valence electrons. The molecule has 0 saturated heterocycles. The first-order valence-corrected chi connectivity index (χ1v) is 8.60. The Hall–Kier alpha value is -0.560. The summed E-state index contributed by atoms with van der Waals surface area (Å²) in [6, 6.07) is 7.06. The van der Waals surface area contributed by atoms with Crippen LogP contribution in [0, 0.1) is 0 Å². The molecule has 0 amide bonds. The first-order chi connectivity index (χ1) is 8.63. The Morgan fingerprint density at radius 3 is 2.47 bits per heavy atom. The zero-order chi connectivity index (χ0) is 14.7. The van der Waals surface area contributed by atoms with Gasteiger partial charge in [0.05, 0.1) is 4.90 Å². The third kappa shape index (κ3) is 5.14. The molecule has 0 aliphatic rings. The first-order valence-electron chi connectivity index (χ1n) is 6.01. The molecule has 6 heteroatoms. The van der Waals surface area contributed by atoms with Crippen LogP contribution in [0.15, 0.2) is 29.2 Å². The number of benzene rings is 1. The molecule has 0 bridgehead atoms. The maximum Gasteiger partial charge on any atom is 0.242 e. The highest BCUT2D eigenvalue weighted by Gasteiger charge is 2.17. The molecule has 1 aromatic carbocycles. The van der Waals surface area contributed by atoms with Gasteiger partial charge in [-0.1, -0.05) is 12.1 Å². The Morgan fingerprint density at radius 2 is 1.95 bits per heavy atom. The monoisotopic (exact) mass is 302 g/mol. The van der Waals surface area contributed by atoms with E-state index in [1.165, 1.54) is 18.4 Å². The minimum atomic E-state index is -3.35.